The topological polar surface area (TPSA) is 44.1 Å². The molecule has 1 aliphatic carbocycles. The number of Topliss-reactive ketones (excluding diaryl/α,β-unsaturated/α-hetero) is 1. The molecule has 0 spiro atoms. The van der Waals surface area contributed by atoms with Gasteiger partial charge in [0.25, 0.3) is 0 Å². The molecule has 20 heavy (non-hydrogen) atoms. The van der Waals surface area contributed by atoms with Crippen LogP contribution < -0.4 is 0 Å². The van der Waals surface area contributed by atoms with Gasteiger partial charge in [0.15, 0.2) is 5.78 Å². The summed E-state index contributed by atoms with van der Waals surface area (Å²) in [7, 11) is 0. The van der Waals surface area contributed by atoms with Crippen molar-refractivity contribution in [1.29, 1.82) is 0 Å². The van der Waals surface area contributed by atoms with Crippen molar-refractivity contribution in [3.05, 3.63) is 18.2 Å². The molecule has 4 heteroatoms. The standard InChI is InChI=1S/C16H26N2O2/c1-4-18-11-10-17-15(18)12-14(19)16(20-5-2)8-6-13(3)7-9-16/h10-11,13H,4-9,12H2,1-3H3. The number of aromatic nitrogens is 2. The molecule has 1 aromatic rings. The van der Waals surface area contributed by atoms with Crippen LogP contribution in [0.1, 0.15) is 52.3 Å². The fourth-order valence-corrected chi connectivity index (χ4v) is 3.11. The van der Waals surface area contributed by atoms with Gasteiger partial charge in [0.05, 0.1) is 6.42 Å². The minimum atomic E-state index is -0.564. The zero-order chi connectivity index (χ0) is 14.6. The molecule has 0 aromatic carbocycles. The Hall–Kier alpha value is -1.16. The molecule has 112 valence electrons. The Labute approximate surface area is 121 Å². The summed E-state index contributed by atoms with van der Waals surface area (Å²) in [6.07, 6.45) is 7.94. The number of carbonyl (C=O) groups excluding carboxylic acids is 1. The summed E-state index contributed by atoms with van der Waals surface area (Å²) in [5.41, 5.74) is -0.564. The molecule has 0 amide bonds. The molecule has 1 aromatic heterocycles. The highest BCUT2D eigenvalue weighted by Crippen LogP contribution is 2.36. The van der Waals surface area contributed by atoms with Crippen LogP contribution in [0.15, 0.2) is 12.4 Å². The monoisotopic (exact) mass is 278 g/mol. The van der Waals surface area contributed by atoms with Crippen molar-refractivity contribution in [2.45, 2.75) is 65.0 Å². The molecule has 1 aliphatic rings. The first-order valence-corrected chi connectivity index (χ1v) is 7.78. The Morgan fingerprint density at radius 2 is 2.15 bits per heavy atom. The van der Waals surface area contributed by atoms with Crippen molar-refractivity contribution in [2.75, 3.05) is 6.61 Å². The van der Waals surface area contributed by atoms with Crippen LogP contribution in [0.5, 0.6) is 0 Å². The Morgan fingerprint density at radius 1 is 1.45 bits per heavy atom. The van der Waals surface area contributed by atoms with Crippen LogP contribution in [0.2, 0.25) is 0 Å². The lowest BCUT2D eigenvalue weighted by Crippen LogP contribution is -2.45. The third-order valence-corrected chi connectivity index (χ3v) is 4.47. The largest absolute Gasteiger partial charge is 0.367 e. The first kappa shape index (κ1) is 15.2. The maximum Gasteiger partial charge on any atom is 0.172 e. The molecule has 4 nitrogen and oxygen atoms in total. The van der Waals surface area contributed by atoms with Gasteiger partial charge in [-0.2, -0.15) is 0 Å². The zero-order valence-corrected chi connectivity index (χ0v) is 12.9. The fourth-order valence-electron chi connectivity index (χ4n) is 3.11. The van der Waals surface area contributed by atoms with E-state index in [4.69, 9.17) is 4.74 Å². The van der Waals surface area contributed by atoms with E-state index >= 15 is 0 Å². The van der Waals surface area contributed by atoms with Gasteiger partial charge < -0.3 is 9.30 Å². The molecular formula is C16H26N2O2. The van der Waals surface area contributed by atoms with Crippen LogP contribution in [0, 0.1) is 5.92 Å². The van der Waals surface area contributed by atoms with Crippen LogP contribution in [0.4, 0.5) is 0 Å². The summed E-state index contributed by atoms with van der Waals surface area (Å²) in [5.74, 6) is 1.76. The number of aryl methyl sites for hydroxylation is 1. The lowest BCUT2D eigenvalue weighted by Gasteiger charge is -2.37. The summed E-state index contributed by atoms with van der Waals surface area (Å²) >= 11 is 0. The van der Waals surface area contributed by atoms with Crippen LogP contribution in [-0.4, -0.2) is 27.5 Å². The second-order valence-corrected chi connectivity index (χ2v) is 5.84. The average Bonchev–Trinajstić information content (AvgIpc) is 2.89. The van der Waals surface area contributed by atoms with E-state index in [0.717, 1.165) is 38.1 Å². The maximum absolute atomic E-state index is 12.8. The Bertz CT molecular complexity index is 445. The quantitative estimate of drug-likeness (QED) is 0.803. The van der Waals surface area contributed by atoms with Gasteiger partial charge in [-0.25, -0.2) is 4.98 Å². The van der Waals surface area contributed by atoms with E-state index in [2.05, 4.69) is 18.8 Å². The van der Waals surface area contributed by atoms with Gasteiger partial charge in [-0.15, -0.1) is 0 Å². The molecule has 2 rings (SSSR count). The van der Waals surface area contributed by atoms with Crippen molar-refractivity contribution in [1.82, 2.24) is 9.55 Å². The molecule has 1 fully saturated rings. The molecule has 0 atom stereocenters. The van der Waals surface area contributed by atoms with Crippen LogP contribution >= 0.6 is 0 Å². The van der Waals surface area contributed by atoms with Gasteiger partial charge >= 0.3 is 0 Å². The van der Waals surface area contributed by atoms with Crippen molar-refractivity contribution in [3.63, 3.8) is 0 Å². The van der Waals surface area contributed by atoms with E-state index in [1.165, 1.54) is 0 Å². The molecular weight excluding hydrogens is 252 g/mol. The van der Waals surface area contributed by atoms with E-state index < -0.39 is 5.60 Å². The number of ether oxygens (including phenoxy) is 1. The smallest absolute Gasteiger partial charge is 0.172 e. The molecule has 0 bridgehead atoms. The predicted molar refractivity (Wildman–Crippen MR) is 78.6 cm³/mol. The fraction of sp³-hybridized carbons (Fsp3) is 0.750. The van der Waals surface area contributed by atoms with E-state index in [1.807, 2.05) is 17.7 Å². The highest BCUT2D eigenvalue weighted by molar-refractivity contribution is 5.88. The molecule has 1 saturated carbocycles. The Kier molecular flexibility index (Phi) is 4.97. The third-order valence-electron chi connectivity index (χ3n) is 4.47. The molecule has 0 N–H and O–H groups in total. The Morgan fingerprint density at radius 3 is 2.75 bits per heavy atom. The van der Waals surface area contributed by atoms with E-state index in [9.17, 15) is 4.79 Å². The summed E-state index contributed by atoms with van der Waals surface area (Å²) in [6, 6.07) is 0. The molecule has 0 aliphatic heterocycles. The lowest BCUT2D eigenvalue weighted by molar-refractivity contribution is -0.149. The number of hydrogen-bond donors (Lipinski definition) is 0. The average molecular weight is 278 g/mol. The van der Waals surface area contributed by atoms with Gasteiger partial charge in [0.1, 0.15) is 11.4 Å². The highest BCUT2D eigenvalue weighted by atomic mass is 16.5. The minimum Gasteiger partial charge on any atom is -0.367 e. The normalized spacial score (nSPS) is 26.6. The van der Waals surface area contributed by atoms with E-state index in [1.54, 1.807) is 6.20 Å². The first-order valence-electron chi connectivity index (χ1n) is 7.78. The van der Waals surface area contributed by atoms with Gasteiger partial charge in [0, 0.05) is 25.5 Å². The molecule has 0 unspecified atom stereocenters. The number of ketones is 1. The van der Waals surface area contributed by atoms with Gasteiger partial charge in [-0.05, 0) is 45.4 Å². The number of nitrogens with zero attached hydrogens (tertiary/aromatic N) is 2. The SMILES string of the molecule is CCOC1(C(=O)Cc2nccn2CC)CCC(C)CC1. The number of hydrogen-bond acceptors (Lipinski definition) is 3. The third kappa shape index (κ3) is 3.11. The maximum atomic E-state index is 12.8. The van der Waals surface area contributed by atoms with Gasteiger partial charge in [-0.3, -0.25) is 4.79 Å². The van der Waals surface area contributed by atoms with Crippen LogP contribution in [0.3, 0.4) is 0 Å². The van der Waals surface area contributed by atoms with Crippen molar-refractivity contribution < 1.29 is 9.53 Å². The van der Waals surface area contributed by atoms with E-state index in [-0.39, 0.29) is 5.78 Å². The van der Waals surface area contributed by atoms with Crippen LogP contribution in [0.25, 0.3) is 0 Å². The molecule has 1 heterocycles. The summed E-state index contributed by atoms with van der Waals surface area (Å²) in [6.45, 7) is 7.74. The van der Waals surface area contributed by atoms with Crippen molar-refractivity contribution >= 4 is 5.78 Å². The van der Waals surface area contributed by atoms with Crippen molar-refractivity contribution in [2.24, 2.45) is 5.92 Å². The number of imidazole rings is 1. The van der Waals surface area contributed by atoms with Crippen LogP contribution in [-0.2, 0) is 22.5 Å². The summed E-state index contributed by atoms with van der Waals surface area (Å²) in [4.78, 5) is 17.1. The summed E-state index contributed by atoms with van der Waals surface area (Å²) < 4.78 is 7.95. The van der Waals surface area contributed by atoms with E-state index in [0.29, 0.717) is 18.9 Å². The first-order chi connectivity index (χ1) is 9.61. The molecule has 0 saturated heterocycles. The summed E-state index contributed by atoms with van der Waals surface area (Å²) in [5, 5.41) is 0. The minimum absolute atomic E-state index is 0.201. The predicted octanol–water partition coefficient (Wildman–Crippen LogP) is 3.00. The zero-order valence-electron chi connectivity index (χ0n) is 12.9. The number of rotatable bonds is 6. The number of carbonyl (C=O) groups is 1. The Balaban J connectivity index is 2.11. The van der Waals surface area contributed by atoms with Gasteiger partial charge in [-0.1, -0.05) is 6.92 Å². The highest BCUT2D eigenvalue weighted by Gasteiger charge is 2.41. The molecule has 0 radical (unpaired) electrons. The van der Waals surface area contributed by atoms with Gasteiger partial charge in [0.2, 0.25) is 0 Å². The second-order valence-electron chi connectivity index (χ2n) is 5.84. The lowest BCUT2D eigenvalue weighted by atomic mass is 9.76. The second kappa shape index (κ2) is 6.53. The van der Waals surface area contributed by atoms with Crippen molar-refractivity contribution in [3.8, 4) is 0 Å².